The van der Waals surface area contributed by atoms with Gasteiger partial charge in [-0.15, -0.1) is 0 Å². The van der Waals surface area contributed by atoms with Gasteiger partial charge in [0.15, 0.2) is 0 Å². The summed E-state index contributed by atoms with van der Waals surface area (Å²) in [7, 11) is 0. The van der Waals surface area contributed by atoms with Crippen molar-refractivity contribution < 1.29 is 9.53 Å². The third-order valence-electron chi connectivity index (χ3n) is 4.01. The molecule has 1 aromatic heterocycles. The topological polar surface area (TPSA) is 63.2 Å². The van der Waals surface area contributed by atoms with Gasteiger partial charge >= 0.3 is 6.09 Å². The average Bonchev–Trinajstić information content (AvgIpc) is 2.69. The van der Waals surface area contributed by atoms with Crippen LogP contribution in [-0.2, 0) is 11.3 Å². The van der Waals surface area contributed by atoms with Crippen molar-refractivity contribution in [3.05, 3.63) is 30.1 Å². The maximum atomic E-state index is 12.1. The number of carbonyl (C=O) groups excluding carboxylic acids is 1. The standard InChI is InChI=1S/C18H29N3O2/c1-18(2,3)23-17(22)21-16-10-6-4-5-9-15(16)20-13-14-8-7-11-19-12-14/h7-8,11-12,15-16,20H,4-6,9-10,13H2,1-3H3,(H,21,22). The van der Waals surface area contributed by atoms with Crippen molar-refractivity contribution in [3.8, 4) is 0 Å². The van der Waals surface area contributed by atoms with Gasteiger partial charge in [-0.3, -0.25) is 4.98 Å². The molecule has 128 valence electrons. The molecule has 1 heterocycles. The zero-order valence-corrected chi connectivity index (χ0v) is 14.5. The van der Waals surface area contributed by atoms with Gasteiger partial charge in [-0.05, 0) is 45.2 Å². The fourth-order valence-electron chi connectivity index (χ4n) is 2.94. The van der Waals surface area contributed by atoms with Gasteiger partial charge in [0, 0.05) is 31.0 Å². The van der Waals surface area contributed by atoms with Crippen LogP contribution in [-0.4, -0.2) is 28.8 Å². The fourth-order valence-corrected chi connectivity index (χ4v) is 2.94. The molecule has 5 heteroatoms. The van der Waals surface area contributed by atoms with Crippen LogP contribution in [0, 0.1) is 0 Å². The van der Waals surface area contributed by atoms with Crippen LogP contribution in [0.1, 0.15) is 58.4 Å². The summed E-state index contributed by atoms with van der Waals surface area (Å²) in [5.41, 5.74) is 0.695. The van der Waals surface area contributed by atoms with Crippen molar-refractivity contribution in [2.45, 2.75) is 77.1 Å². The molecule has 0 aliphatic heterocycles. The third kappa shape index (κ3) is 6.57. The van der Waals surface area contributed by atoms with E-state index in [4.69, 9.17) is 4.74 Å². The Balaban J connectivity index is 1.92. The summed E-state index contributed by atoms with van der Waals surface area (Å²) >= 11 is 0. The predicted octanol–water partition coefficient (Wildman–Crippen LogP) is 3.40. The number of carbonyl (C=O) groups is 1. The molecular weight excluding hydrogens is 290 g/mol. The van der Waals surface area contributed by atoms with Gasteiger partial charge in [0.25, 0.3) is 0 Å². The first-order valence-corrected chi connectivity index (χ1v) is 8.56. The van der Waals surface area contributed by atoms with Crippen LogP contribution in [0.3, 0.4) is 0 Å². The van der Waals surface area contributed by atoms with Crippen LogP contribution in [0.15, 0.2) is 24.5 Å². The van der Waals surface area contributed by atoms with Gasteiger partial charge in [-0.2, -0.15) is 0 Å². The second kappa shape index (κ2) is 8.29. The van der Waals surface area contributed by atoms with E-state index in [0.29, 0.717) is 0 Å². The van der Waals surface area contributed by atoms with Gasteiger partial charge in [0.1, 0.15) is 5.60 Å². The van der Waals surface area contributed by atoms with E-state index in [2.05, 4.69) is 21.7 Å². The Morgan fingerprint density at radius 3 is 2.65 bits per heavy atom. The first-order chi connectivity index (χ1) is 10.9. The highest BCUT2D eigenvalue weighted by Gasteiger charge is 2.26. The monoisotopic (exact) mass is 319 g/mol. The number of amides is 1. The Morgan fingerprint density at radius 1 is 1.26 bits per heavy atom. The minimum Gasteiger partial charge on any atom is -0.444 e. The lowest BCUT2D eigenvalue weighted by Gasteiger charge is -2.29. The lowest BCUT2D eigenvalue weighted by Crippen LogP contribution is -2.50. The largest absolute Gasteiger partial charge is 0.444 e. The van der Waals surface area contributed by atoms with Crippen molar-refractivity contribution in [1.29, 1.82) is 0 Å². The number of aromatic nitrogens is 1. The number of alkyl carbamates (subject to hydrolysis) is 1. The first-order valence-electron chi connectivity index (χ1n) is 8.56. The van der Waals surface area contributed by atoms with Gasteiger partial charge in [0.2, 0.25) is 0 Å². The molecular formula is C18H29N3O2. The number of hydrogen-bond acceptors (Lipinski definition) is 4. The van der Waals surface area contributed by atoms with Crippen LogP contribution in [0.2, 0.25) is 0 Å². The zero-order chi connectivity index (χ0) is 16.7. The number of pyridine rings is 1. The molecule has 5 nitrogen and oxygen atoms in total. The number of ether oxygens (including phenoxy) is 1. The number of rotatable bonds is 4. The minimum atomic E-state index is -0.465. The summed E-state index contributed by atoms with van der Waals surface area (Å²) in [5.74, 6) is 0. The Hall–Kier alpha value is -1.62. The van der Waals surface area contributed by atoms with E-state index < -0.39 is 5.60 Å². The highest BCUT2D eigenvalue weighted by Crippen LogP contribution is 2.19. The van der Waals surface area contributed by atoms with E-state index in [0.717, 1.165) is 31.4 Å². The SMILES string of the molecule is CC(C)(C)OC(=O)NC1CCCCCC1NCc1cccnc1. The van der Waals surface area contributed by atoms with Crippen LogP contribution in [0.5, 0.6) is 0 Å². The van der Waals surface area contributed by atoms with Crippen molar-refractivity contribution >= 4 is 6.09 Å². The molecule has 0 saturated heterocycles. The highest BCUT2D eigenvalue weighted by atomic mass is 16.6. The van der Waals surface area contributed by atoms with Crippen molar-refractivity contribution in [2.24, 2.45) is 0 Å². The Labute approximate surface area is 139 Å². The smallest absolute Gasteiger partial charge is 0.407 e. The summed E-state index contributed by atoms with van der Waals surface area (Å²) in [4.78, 5) is 16.2. The van der Waals surface area contributed by atoms with E-state index in [1.54, 1.807) is 6.20 Å². The molecule has 1 fully saturated rings. The Morgan fingerprint density at radius 2 is 2.00 bits per heavy atom. The quantitative estimate of drug-likeness (QED) is 0.835. The Kier molecular flexibility index (Phi) is 6.39. The minimum absolute atomic E-state index is 0.115. The van der Waals surface area contributed by atoms with Crippen LogP contribution >= 0.6 is 0 Å². The third-order valence-corrected chi connectivity index (χ3v) is 4.01. The van der Waals surface area contributed by atoms with Gasteiger partial charge in [-0.1, -0.05) is 25.3 Å². The summed E-state index contributed by atoms with van der Waals surface area (Å²) in [6.07, 6.45) is 8.95. The molecule has 1 aromatic rings. The molecule has 2 unspecified atom stereocenters. The normalized spacial score (nSPS) is 22.2. The molecule has 1 saturated carbocycles. The molecule has 1 aliphatic rings. The number of nitrogens with zero attached hydrogens (tertiary/aromatic N) is 1. The van der Waals surface area contributed by atoms with Crippen molar-refractivity contribution in [1.82, 2.24) is 15.6 Å². The maximum absolute atomic E-state index is 12.1. The Bertz CT molecular complexity index is 485. The molecule has 0 aromatic carbocycles. The van der Waals surface area contributed by atoms with Crippen molar-refractivity contribution in [2.75, 3.05) is 0 Å². The first kappa shape index (κ1) is 17.7. The molecule has 2 atom stereocenters. The maximum Gasteiger partial charge on any atom is 0.407 e. The lowest BCUT2D eigenvalue weighted by molar-refractivity contribution is 0.0489. The predicted molar refractivity (Wildman–Crippen MR) is 91.1 cm³/mol. The molecule has 1 amide bonds. The highest BCUT2D eigenvalue weighted by molar-refractivity contribution is 5.68. The van der Waals surface area contributed by atoms with Crippen LogP contribution in [0.25, 0.3) is 0 Å². The van der Waals surface area contributed by atoms with Gasteiger partial charge < -0.3 is 15.4 Å². The molecule has 23 heavy (non-hydrogen) atoms. The molecule has 0 spiro atoms. The summed E-state index contributed by atoms with van der Waals surface area (Å²) in [5, 5.41) is 6.65. The second-order valence-corrected chi connectivity index (χ2v) is 7.24. The van der Waals surface area contributed by atoms with E-state index in [1.165, 1.54) is 12.8 Å². The van der Waals surface area contributed by atoms with Crippen LogP contribution < -0.4 is 10.6 Å². The number of nitrogens with one attached hydrogen (secondary N) is 2. The van der Waals surface area contributed by atoms with E-state index in [9.17, 15) is 4.79 Å². The van der Waals surface area contributed by atoms with Gasteiger partial charge in [0.05, 0.1) is 0 Å². The zero-order valence-electron chi connectivity index (χ0n) is 14.5. The van der Waals surface area contributed by atoms with Crippen LogP contribution in [0.4, 0.5) is 4.79 Å². The van der Waals surface area contributed by atoms with E-state index >= 15 is 0 Å². The van der Waals surface area contributed by atoms with E-state index in [-0.39, 0.29) is 18.2 Å². The average molecular weight is 319 g/mol. The van der Waals surface area contributed by atoms with Crippen molar-refractivity contribution in [3.63, 3.8) is 0 Å². The molecule has 1 aliphatic carbocycles. The molecule has 2 N–H and O–H groups in total. The summed E-state index contributed by atoms with van der Waals surface area (Å²) in [6.45, 7) is 6.43. The van der Waals surface area contributed by atoms with E-state index in [1.807, 2.05) is 33.0 Å². The lowest BCUT2D eigenvalue weighted by atomic mass is 10.0. The molecule has 0 bridgehead atoms. The number of hydrogen-bond donors (Lipinski definition) is 2. The molecule has 0 radical (unpaired) electrons. The molecule has 2 rings (SSSR count). The summed E-state index contributed by atoms with van der Waals surface area (Å²) < 4.78 is 5.40. The fraction of sp³-hybridized carbons (Fsp3) is 0.667. The van der Waals surface area contributed by atoms with Gasteiger partial charge in [-0.25, -0.2) is 4.79 Å². The second-order valence-electron chi connectivity index (χ2n) is 7.24. The summed E-state index contributed by atoms with van der Waals surface area (Å²) in [6, 6.07) is 4.39.